The minimum Gasteiger partial charge on any atom is -0.467 e. The van der Waals surface area contributed by atoms with Gasteiger partial charge in [-0.3, -0.25) is 19.2 Å². The molecule has 2 fully saturated rings. The smallest absolute Gasteiger partial charge is 0.330 e. The Morgan fingerprint density at radius 2 is 1.62 bits per heavy atom. The summed E-state index contributed by atoms with van der Waals surface area (Å²) in [4.78, 5) is 64.9. The van der Waals surface area contributed by atoms with Gasteiger partial charge < -0.3 is 29.7 Å². The SMILES string of the molecule is COC(=O)C(CO)NC(=O)[C@@H]1CCCN1C(=O)[C@@H]1CCCN1C(=O)[C@@H](C)C(C)OC(C)=O. The van der Waals surface area contributed by atoms with Gasteiger partial charge in [0.1, 0.15) is 18.2 Å². The summed E-state index contributed by atoms with van der Waals surface area (Å²) in [6.07, 6.45) is 1.52. The normalized spacial score (nSPS) is 23.3. The Kier molecular flexibility index (Phi) is 8.99. The lowest BCUT2D eigenvalue weighted by molar-refractivity contribution is -0.155. The molecule has 0 saturated carbocycles. The van der Waals surface area contributed by atoms with Crippen LogP contribution in [0.2, 0.25) is 0 Å². The highest BCUT2D eigenvalue weighted by Gasteiger charge is 2.44. The number of nitrogens with zero attached hydrogens (tertiary/aromatic N) is 2. The third-order valence-corrected chi connectivity index (χ3v) is 6.09. The van der Waals surface area contributed by atoms with Crippen molar-refractivity contribution in [2.75, 3.05) is 26.8 Å². The van der Waals surface area contributed by atoms with E-state index >= 15 is 0 Å². The van der Waals surface area contributed by atoms with E-state index in [0.29, 0.717) is 38.8 Å². The van der Waals surface area contributed by atoms with Gasteiger partial charge in [0, 0.05) is 20.0 Å². The zero-order valence-corrected chi connectivity index (χ0v) is 19.0. The molecule has 2 rings (SSSR count). The van der Waals surface area contributed by atoms with Crippen LogP contribution < -0.4 is 5.32 Å². The van der Waals surface area contributed by atoms with E-state index in [1.807, 2.05) is 0 Å². The number of methoxy groups -OCH3 is 1. The van der Waals surface area contributed by atoms with Crippen molar-refractivity contribution >= 4 is 29.7 Å². The molecule has 180 valence electrons. The molecule has 0 aromatic rings. The van der Waals surface area contributed by atoms with E-state index in [2.05, 4.69) is 10.1 Å². The molecule has 2 aliphatic rings. The Morgan fingerprint density at radius 3 is 2.19 bits per heavy atom. The van der Waals surface area contributed by atoms with E-state index in [1.54, 1.807) is 13.8 Å². The number of hydrogen-bond donors (Lipinski definition) is 2. The average molecular weight is 456 g/mol. The van der Waals surface area contributed by atoms with Gasteiger partial charge in [-0.05, 0) is 32.6 Å². The first-order chi connectivity index (χ1) is 15.1. The quantitative estimate of drug-likeness (QED) is 0.453. The number of nitrogens with one attached hydrogen (secondary N) is 1. The summed E-state index contributed by atoms with van der Waals surface area (Å²) >= 11 is 0. The third-order valence-electron chi connectivity index (χ3n) is 6.09. The van der Waals surface area contributed by atoms with Crippen LogP contribution in [0.4, 0.5) is 0 Å². The van der Waals surface area contributed by atoms with Crippen LogP contribution in [-0.2, 0) is 33.4 Å². The number of rotatable bonds is 8. The molecule has 0 aromatic heterocycles. The predicted molar refractivity (Wildman–Crippen MR) is 111 cm³/mol. The molecule has 2 saturated heterocycles. The van der Waals surface area contributed by atoms with Crippen molar-refractivity contribution in [1.29, 1.82) is 0 Å². The van der Waals surface area contributed by atoms with Crippen LogP contribution in [0.3, 0.4) is 0 Å². The lowest BCUT2D eigenvalue weighted by atomic mass is 10.0. The Morgan fingerprint density at radius 1 is 1.03 bits per heavy atom. The first-order valence-electron chi connectivity index (χ1n) is 10.9. The molecule has 2 heterocycles. The molecule has 0 aliphatic carbocycles. The van der Waals surface area contributed by atoms with Crippen molar-refractivity contribution in [3.8, 4) is 0 Å². The summed E-state index contributed by atoms with van der Waals surface area (Å²) in [6.45, 7) is 4.71. The van der Waals surface area contributed by atoms with Gasteiger partial charge >= 0.3 is 11.9 Å². The van der Waals surface area contributed by atoms with Gasteiger partial charge in [0.2, 0.25) is 17.7 Å². The lowest BCUT2D eigenvalue weighted by Crippen LogP contribution is -2.56. The zero-order valence-electron chi connectivity index (χ0n) is 19.0. The summed E-state index contributed by atoms with van der Waals surface area (Å²) in [7, 11) is 1.15. The molecule has 0 aromatic carbocycles. The monoisotopic (exact) mass is 455 g/mol. The largest absolute Gasteiger partial charge is 0.467 e. The first-order valence-corrected chi connectivity index (χ1v) is 10.9. The van der Waals surface area contributed by atoms with Crippen LogP contribution in [0, 0.1) is 5.92 Å². The number of esters is 2. The van der Waals surface area contributed by atoms with Gasteiger partial charge in [0.05, 0.1) is 19.6 Å². The van der Waals surface area contributed by atoms with Gasteiger partial charge in [-0.1, -0.05) is 6.92 Å². The van der Waals surface area contributed by atoms with Gasteiger partial charge in [0.15, 0.2) is 6.04 Å². The molecule has 2 N–H and O–H groups in total. The van der Waals surface area contributed by atoms with Gasteiger partial charge in [-0.2, -0.15) is 0 Å². The molecule has 11 heteroatoms. The van der Waals surface area contributed by atoms with E-state index in [9.17, 15) is 29.1 Å². The summed E-state index contributed by atoms with van der Waals surface area (Å²) < 4.78 is 9.68. The van der Waals surface area contributed by atoms with Crippen LogP contribution >= 0.6 is 0 Å². The first kappa shape index (κ1) is 25.6. The Hall–Kier alpha value is -2.69. The molecular formula is C21H33N3O8. The number of hydrogen-bond acceptors (Lipinski definition) is 8. The minimum absolute atomic E-state index is 0.277. The summed E-state index contributed by atoms with van der Waals surface area (Å²) in [5.74, 6) is -3.02. The molecule has 2 aliphatic heterocycles. The lowest BCUT2D eigenvalue weighted by Gasteiger charge is -2.33. The maximum atomic E-state index is 13.3. The molecule has 0 spiro atoms. The molecule has 5 atom stereocenters. The Balaban J connectivity index is 2.09. The number of amides is 3. The number of ether oxygens (including phenoxy) is 2. The van der Waals surface area contributed by atoms with E-state index < -0.39 is 54.6 Å². The fourth-order valence-corrected chi connectivity index (χ4v) is 4.20. The number of carbonyl (C=O) groups is 5. The summed E-state index contributed by atoms with van der Waals surface area (Å²) in [5, 5.41) is 11.8. The Labute approximate surface area is 187 Å². The second-order valence-electron chi connectivity index (χ2n) is 8.25. The van der Waals surface area contributed by atoms with E-state index in [-0.39, 0.29) is 11.8 Å². The van der Waals surface area contributed by atoms with Crippen molar-refractivity contribution in [3.05, 3.63) is 0 Å². The molecule has 3 amide bonds. The summed E-state index contributed by atoms with van der Waals surface area (Å²) in [6, 6.07) is -2.70. The van der Waals surface area contributed by atoms with Crippen molar-refractivity contribution in [1.82, 2.24) is 15.1 Å². The maximum Gasteiger partial charge on any atom is 0.330 e. The topological polar surface area (TPSA) is 143 Å². The average Bonchev–Trinajstić information content (AvgIpc) is 3.44. The molecule has 32 heavy (non-hydrogen) atoms. The van der Waals surface area contributed by atoms with Crippen LogP contribution in [0.1, 0.15) is 46.5 Å². The molecule has 11 nitrogen and oxygen atoms in total. The third kappa shape index (κ3) is 5.76. The molecular weight excluding hydrogens is 422 g/mol. The molecule has 0 radical (unpaired) electrons. The van der Waals surface area contributed by atoms with Crippen LogP contribution in [0.5, 0.6) is 0 Å². The van der Waals surface area contributed by atoms with Crippen LogP contribution in [0.15, 0.2) is 0 Å². The maximum absolute atomic E-state index is 13.3. The van der Waals surface area contributed by atoms with Gasteiger partial charge in [-0.25, -0.2) is 4.79 Å². The van der Waals surface area contributed by atoms with Gasteiger partial charge in [-0.15, -0.1) is 0 Å². The molecule has 2 unspecified atom stereocenters. The van der Waals surface area contributed by atoms with Crippen molar-refractivity contribution in [3.63, 3.8) is 0 Å². The van der Waals surface area contributed by atoms with Gasteiger partial charge in [0.25, 0.3) is 0 Å². The summed E-state index contributed by atoms with van der Waals surface area (Å²) in [5.41, 5.74) is 0. The second kappa shape index (κ2) is 11.3. The highest BCUT2D eigenvalue weighted by atomic mass is 16.5. The fraction of sp³-hybridized carbons (Fsp3) is 0.762. The highest BCUT2D eigenvalue weighted by molar-refractivity contribution is 5.94. The predicted octanol–water partition coefficient (Wildman–Crippen LogP) is -0.794. The zero-order chi connectivity index (χ0) is 24.0. The van der Waals surface area contributed by atoms with Crippen molar-refractivity contribution in [2.45, 2.75) is 70.7 Å². The second-order valence-corrected chi connectivity index (χ2v) is 8.25. The number of carbonyl (C=O) groups excluding carboxylic acids is 5. The number of likely N-dealkylation sites (tertiary alicyclic amines) is 2. The van der Waals surface area contributed by atoms with Crippen molar-refractivity contribution in [2.24, 2.45) is 5.92 Å². The number of aliphatic hydroxyl groups is 1. The van der Waals surface area contributed by atoms with Crippen LogP contribution in [-0.4, -0.2) is 95.6 Å². The fourth-order valence-electron chi connectivity index (χ4n) is 4.20. The highest BCUT2D eigenvalue weighted by Crippen LogP contribution is 2.27. The minimum atomic E-state index is -1.21. The van der Waals surface area contributed by atoms with E-state index in [4.69, 9.17) is 4.74 Å². The van der Waals surface area contributed by atoms with E-state index in [1.165, 1.54) is 16.7 Å². The number of aliphatic hydroxyl groups excluding tert-OH is 1. The van der Waals surface area contributed by atoms with Crippen molar-refractivity contribution < 1.29 is 38.6 Å². The van der Waals surface area contributed by atoms with E-state index in [0.717, 1.165) is 7.11 Å². The standard InChI is InChI=1S/C21H33N3O8/c1-12(13(2)32-14(3)26)19(28)24-10-6-8-17(24)20(29)23-9-5-7-16(23)18(27)22-15(11-25)21(30)31-4/h12-13,15-17,25H,5-11H2,1-4H3,(H,22,27)/t12-,13?,15?,16-,17-/m0/s1. The van der Waals surface area contributed by atoms with Crippen LogP contribution in [0.25, 0.3) is 0 Å². The Bertz CT molecular complexity index is 743. The molecule has 0 bridgehead atoms.